The molecule has 1 unspecified atom stereocenters. The molecule has 0 saturated carbocycles. The van der Waals surface area contributed by atoms with Gasteiger partial charge in [0.25, 0.3) is 0 Å². The third-order valence-electron chi connectivity index (χ3n) is 4.54. The summed E-state index contributed by atoms with van der Waals surface area (Å²) < 4.78 is 10.4. The highest BCUT2D eigenvalue weighted by Gasteiger charge is 2.37. The summed E-state index contributed by atoms with van der Waals surface area (Å²) in [6.45, 7) is 6.68. The standard InChI is InChI=1S/C16H24N2OS/c1-2-3-4-5-10-19-16-15(12-20-17-16)14-11-18-8-6-13(14)7-9-18/h3-4,12-14H,2,5-11H2,1H3/b4-3+. The van der Waals surface area contributed by atoms with Crippen molar-refractivity contribution in [3.8, 4) is 5.88 Å². The van der Waals surface area contributed by atoms with Gasteiger partial charge in [-0.15, -0.1) is 0 Å². The van der Waals surface area contributed by atoms with E-state index in [1.54, 1.807) is 11.5 Å². The van der Waals surface area contributed by atoms with Crippen LogP contribution < -0.4 is 4.74 Å². The summed E-state index contributed by atoms with van der Waals surface area (Å²) >= 11 is 1.54. The minimum atomic E-state index is 0.650. The van der Waals surface area contributed by atoms with E-state index in [0.29, 0.717) is 5.92 Å². The maximum absolute atomic E-state index is 5.91. The fraction of sp³-hybridized carbons (Fsp3) is 0.688. The van der Waals surface area contributed by atoms with Crippen molar-refractivity contribution in [3.05, 3.63) is 23.1 Å². The van der Waals surface area contributed by atoms with Crippen LogP contribution in [-0.4, -0.2) is 35.5 Å². The van der Waals surface area contributed by atoms with Crippen LogP contribution in [0, 0.1) is 5.92 Å². The van der Waals surface area contributed by atoms with Crippen LogP contribution in [0.5, 0.6) is 5.88 Å². The van der Waals surface area contributed by atoms with Gasteiger partial charge in [-0.05, 0) is 56.2 Å². The molecule has 3 nitrogen and oxygen atoms in total. The van der Waals surface area contributed by atoms with E-state index in [0.717, 1.165) is 31.2 Å². The van der Waals surface area contributed by atoms with Gasteiger partial charge in [-0.25, -0.2) is 0 Å². The monoisotopic (exact) mass is 292 g/mol. The van der Waals surface area contributed by atoms with E-state index in [1.165, 1.54) is 38.0 Å². The zero-order valence-corrected chi connectivity index (χ0v) is 13.1. The van der Waals surface area contributed by atoms with Crippen molar-refractivity contribution in [2.75, 3.05) is 26.2 Å². The Morgan fingerprint density at radius 2 is 2.25 bits per heavy atom. The topological polar surface area (TPSA) is 25.4 Å². The lowest BCUT2D eigenvalue weighted by Gasteiger charge is -2.44. The molecule has 4 heterocycles. The summed E-state index contributed by atoms with van der Waals surface area (Å²) in [6, 6.07) is 0. The second-order valence-corrected chi connectivity index (χ2v) is 6.47. The highest BCUT2D eigenvalue weighted by atomic mass is 32.1. The Morgan fingerprint density at radius 1 is 1.40 bits per heavy atom. The van der Waals surface area contributed by atoms with Crippen LogP contribution in [0.4, 0.5) is 0 Å². The van der Waals surface area contributed by atoms with Crippen molar-refractivity contribution >= 4 is 11.5 Å². The van der Waals surface area contributed by atoms with Gasteiger partial charge >= 0.3 is 0 Å². The van der Waals surface area contributed by atoms with E-state index in [4.69, 9.17) is 4.74 Å². The number of hydrogen-bond donors (Lipinski definition) is 0. The van der Waals surface area contributed by atoms with Crippen LogP contribution in [0.2, 0.25) is 0 Å². The minimum absolute atomic E-state index is 0.650. The maximum Gasteiger partial charge on any atom is 0.228 e. The summed E-state index contributed by atoms with van der Waals surface area (Å²) in [5, 5.41) is 2.21. The molecule has 110 valence electrons. The number of nitrogens with zero attached hydrogens (tertiary/aromatic N) is 2. The molecule has 1 atom stereocenters. The number of ether oxygens (including phenoxy) is 1. The van der Waals surface area contributed by atoms with Crippen molar-refractivity contribution in [1.29, 1.82) is 0 Å². The number of hydrogen-bond acceptors (Lipinski definition) is 4. The molecule has 4 heteroatoms. The van der Waals surface area contributed by atoms with Crippen molar-refractivity contribution in [3.63, 3.8) is 0 Å². The average molecular weight is 292 g/mol. The highest BCUT2D eigenvalue weighted by Crippen LogP contribution is 2.42. The summed E-state index contributed by atoms with van der Waals surface area (Å²) in [4.78, 5) is 2.59. The number of fused-ring (bicyclic) bond motifs is 3. The Morgan fingerprint density at radius 3 is 2.95 bits per heavy atom. The molecular formula is C16H24N2OS. The lowest BCUT2D eigenvalue weighted by atomic mass is 9.76. The van der Waals surface area contributed by atoms with Crippen LogP contribution in [0.15, 0.2) is 17.5 Å². The molecule has 1 aromatic heterocycles. The normalized spacial score (nSPS) is 29.1. The Hall–Kier alpha value is -0.870. The molecular weight excluding hydrogens is 268 g/mol. The summed E-state index contributed by atoms with van der Waals surface area (Å²) in [5.41, 5.74) is 1.36. The molecule has 1 aromatic rings. The van der Waals surface area contributed by atoms with Gasteiger partial charge in [-0.2, -0.15) is 4.37 Å². The Kier molecular flexibility index (Phi) is 4.73. The Balaban J connectivity index is 1.60. The van der Waals surface area contributed by atoms with Gasteiger partial charge in [-0.3, -0.25) is 0 Å². The van der Waals surface area contributed by atoms with Gasteiger partial charge < -0.3 is 9.64 Å². The largest absolute Gasteiger partial charge is 0.477 e. The lowest BCUT2D eigenvalue weighted by molar-refractivity contribution is 0.0856. The van der Waals surface area contributed by atoms with Crippen LogP contribution in [0.1, 0.15) is 44.1 Å². The average Bonchev–Trinajstić information content (AvgIpc) is 2.96. The summed E-state index contributed by atoms with van der Waals surface area (Å²) in [7, 11) is 0. The second-order valence-electron chi connectivity index (χ2n) is 5.84. The van der Waals surface area contributed by atoms with Gasteiger partial charge in [0.1, 0.15) is 0 Å². The molecule has 2 bridgehead atoms. The van der Waals surface area contributed by atoms with Crippen LogP contribution in [-0.2, 0) is 0 Å². The maximum atomic E-state index is 5.91. The smallest absolute Gasteiger partial charge is 0.228 e. The van der Waals surface area contributed by atoms with Gasteiger partial charge in [-0.1, -0.05) is 19.1 Å². The molecule has 3 fully saturated rings. The van der Waals surface area contributed by atoms with Gasteiger partial charge in [0.05, 0.1) is 6.61 Å². The second kappa shape index (κ2) is 6.72. The van der Waals surface area contributed by atoms with Gasteiger partial charge in [0, 0.05) is 23.4 Å². The molecule has 3 aliphatic rings. The van der Waals surface area contributed by atoms with Crippen molar-refractivity contribution in [2.45, 2.75) is 38.5 Å². The first kappa shape index (κ1) is 14.1. The number of rotatable bonds is 6. The lowest BCUT2D eigenvalue weighted by Crippen LogP contribution is -2.46. The Labute approximate surface area is 125 Å². The van der Waals surface area contributed by atoms with Crippen molar-refractivity contribution < 1.29 is 4.74 Å². The number of aromatic nitrogens is 1. The van der Waals surface area contributed by atoms with E-state index in [9.17, 15) is 0 Å². The molecule has 0 radical (unpaired) electrons. The predicted octanol–water partition coefficient (Wildman–Crippen LogP) is 3.69. The van der Waals surface area contributed by atoms with E-state index < -0.39 is 0 Å². The molecule has 0 N–H and O–H groups in total. The van der Waals surface area contributed by atoms with E-state index in [2.05, 4.69) is 33.7 Å². The third kappa shape index (κ3) is 3.07. The Bertz CT molecular complexity index is 449. The van der Waals surface area contributed by atoms with E-state index >= 15 is 0 Å². The quantitative estimate of drug-likeness (QED) is 0.590. The van der Waals surface area contributed by atoms with Gasteiger partial charge in [0.2, 0.25) is 5.88 Å². The summed E-state index contributed by atoms with van der Waals surface area (Å²) in [6.07, 6.45) is 9.16. The van der Waals surface area contributed by atoms with E-state index in [1.807, 2.05) is 0 Å². The zero-order chi connectivity index (χ0) is 13.8. The first-order valence-corrected chi connectivity index (χ1v) is 8.66. The fourth-order valence-corrected chi connectivity index (χ4v) is 4.11. The SMILES string of the molecule is CC/C=C/CCOc1nscc1C1CN2CCC1CC2. The molecule has 0 aliphatic carbocycles. The molecule has 3 saturated heterocycles. The third-order valence-corrected chi connectivity index (χ3v) is 5.17. The number of allylic oxidation sites excluding steroid dienone is 1. The zero-order valence-electron chi connectivity index (χ0n) is 12.3. The molecule has 3 aliphatic heterocycles. The van der Waals surface area contributed by atoms with Crippen LogP contribution >= 0.6 is 11.5 Å². The van der Waals surface area contributed by atoms with Crippen molar-refractivity contribution in [2.24, 2.45) is 5.92 Å². The first-order chi connectivity index (χ1) is 9.88. The van der Waals surface area contributed by atoms with E-state index in [-0.39, 0.29) is 0 Å². The molecule has 4 rings (SSSR count). The molecule has 0 aromatic carbocycles. The van der Waals surface area contributed by atoms with Crippen molar-refractivity contribution in [1.82, 2.24) is 9.27 Å². The first-order valence-electron chi connectivity index (χ1n) is 7.83. The predicted molar refractivity (Wildman–Crippen MR) is 83.6 cm³/mol. The minimum Gasteiger partial charge on any atom is -0.477 e. The number of piperidine rings is 3. The van der Waals surface area contributed by atoms with Crippen LogP contribution in [0.3, 0.4) is 0 Å². The molecule has 0 spiro atoms. The summed E-state index contributed by atoms with van der Waals surface area (Å²) in [5.74, 6) is 2.40. The highest BCUT2D eigenvalue weighted by molar-refractivity contribution is 7.03. The molecule has 20 heavy (non-hydrogen) atoms. The fourth-order valence-electron chi connectivity index (χ4n) is 3.42. The molecule has 0 amide bonds. The van der Waals surface area contributed by atoms with Gasteiger partial charge in [0.15, 0.2) is 0 Å². The van der Waals surface area contributed by atoms with Crippen LogP contribution in [0.25, 0.3) is 0 Å².